The average Bonchev–Trinajstić information content (AvgIpc) is 2.28. The number of rotatable bonds is 4. The monoisotopic (exact) mass is 307 g/mol. The molecule has 1 atom stereocenters. The summed E-state index contributed by atoms with van der Waals surface area (Å²) >= 11 is 3.44. The first-order valence-corrected chi connectivity index (χ1v) is 6.69. The molecular formula is C15H15BrFN. The third-order valence-corrected chi connectivity index (χ3v) is 3.16. The zero-order chi connectivity index (χ0) is 13.0. The molecule has 1 nitrogen and oxygen atoms in total. The second kappa shape index (κ2) is 6.01. The highest BCUT2D eigenvalue weighted by molar-refractivity contribution is 9.10. The summed E-state index contributed by atoms with van der Waals surface area (Å²) < 4.78 is 14.1. The third kappa shape index (κ3) is 3.84. The summed E-state index contributed by atoms with van der Waals surface area (Å²) in [5.41, 5.74) is 2.07. The Labute approximate surface area is 115 Å². The SMILES string of the molecule is CC(Cc1cccc(F)c1)Nc1cccc(Br)c1. The summed E-state index contributed by atoms with van der Waals surface area (Å²) in [5.74, 6) is -0.179. The van der Waals surface area contributed by atoms with Crippen molar-refractivity contribution < 1.29 is 4.39 Å². The van der Waals surface area contributed by atoms with Gasteiger partial charge in [-0.05, 0) is 49.2 Å². The second-order valence-corrected chi connectivity index (χ2v) is 5.31. The van der Waals surface area contributed by atoms with Gasteiger partial charge in [-0.25, -0.2) is 4.39 Å². The fourth-order valence-corrected chi connectivity index (χ4v) is 2.33. The maximum Gasteiger partial charge on any atom is 0.123 e. The van der Waals surface area contributed by atoms with Crippen LogP contribution in [0.2, 0.25) is 0 Å². The van der Waals surface area contributed by atoms with Gasteiger partial charge in [-0.1, -0.05) is 34.1 Å². The molecule has 1 N–H and O–H groups in total. The van der Waals surface area contributed by atoms with E-state index >= 15 is 0 Å². The summed E-state index contributed by atoms with van der Waals surface area (Å²) in [5, 5.41) is 3.40. The molecule has 0 fully saturated rings. The van der Waals surface area contributed by atoms with Crippen molar-refractivity contribution in [3.05, 3.63) is 64.4 Å². The highest BCUT2D eigenvalue weighted by Gasteiger charge is 2.04. The van der Waals surface area contributed by atoms with Crippen LogP contribution in [0.5, 0.6) is 0 Å². The van der Waals surface area contributed by atoms with Crippen molar-refractivity contribution in [2.45, 2.75) is 19.4 Å². The average molecular weight is 308 g/mol. The molecule has 0 heterocycles. The molecule has 0 bridgehead atoms. The quantitative estimate of drug-likeness (QED) is 0.868. The Balaban J connectivity index is 1.98. The van der Waals surface area contributed by atoms with Crippen LogP contribution in [-0.2, 0) is 6.42 Å². The summed E-state index contributed by atoms with van der Waals surface area (Å²) in [4.78, 5) is 0. The van der Waals surface area contributed by atoms with Crippen LogP contribution in [0, 0.1) is 5.82 Å². The molecule has 0 saturated heterocycles. The Bertz CT molecular complexity index is 480. The Morgan fingerprint density at radius 1 is 1.17 bits per heavy atom. The van der Waals surface area contributed by atoms with Crippen LogP contribution in [0.25, 0.3) is 0 Å². The van der Waals surface area contributed by atoms with E-state index < -0.39 is 0 Å². The summed E-state index contributed by atoms with van der Waals surface area (Å²) in [6.45, 7) is 2.09. The van der Waals surface area contributed by atoms with Gasteiger partial charge >= 0.3 is 0 Å². The zero-order valence-electron chi connectivity index (χ0n) is 10.2. The minimum absolute atomic E-state index is 0.179. The molecule has 0 aliphatic carbocycles. The molecule has 0 saturated carbocycles. The Kier molecular flexibility index (Phi) is 4.37. The molecule has 0 radical (unpaired) electrons. The van der Waals surface area contributed by atoms with Crippen LogP contribution in [0.4, 0.5) is 10.1 Å². The van der Waals surface area contributed by atoms with Gasteiger partial charge in [-0.15, -0.1) is 0 Å². The normalized spacial score (nSPS) is 12.2. The maximum absolute atomic E-state index is 13.1. The van der Waals surface area contributed by atoms with Gasteiger partial charge < -0.3 is 5.32 Å². The molecule has 0 amide bonds. The molecule has 0 aliphatic heterocycles. The minimum Gasteiger partial charge on any atom is -0.382 e. The van der Waals surface area contributed by atoms with Gasteiger partial charge in [0.25, 0.3) is 0 Å². The topological polar surface area (TPSA) is 12.0 Å². The second-order valence-electron chi connectivity index (χ2n) is 4.39. The van der Waals surface area contributed by atoms with Crippen molar-refractivity contribution >= 4 is 21.6 Å². The molecule has 18 heavy (non-hydrogen) atoms. The van der Waals surface area contributed by atoms with Crippen LogP contribution in [0.1, 0.15) is 12.5 Å². The molecule has 3 heteroatoms. The lowest BCUT2D eigenvalue weighted by Crippen LogP contribution is -2.18. The van der Waals surface area contributed by atoms with E-state index in [4.69, 9.17) is 0 Å². The van der Waals surface area contributed by atoms with Crippen molar-refractivity contribution in [3.8, 4) is 0 Å². The van der Waals surface area contributed by atoms with Crippen LogP contribution in [0.15, 0.2) is 53.0 Å². The number of halogens is 2. The van der Waals surface area contributed by atoms with Gasteiger partial charge in [0.1, 0.15) is 5.82 Å². The molecule has 0 aliphatic rings. The third-order valence-electron chi connectivity index (χ3n) is 2.67. The zero-order valence-corrected chi connectivity index (χ0v) is 11.7. The highest BCUT2D eigenvalue weighted by atomic mass is 79.9. The number of nitrogens with one attached hydrogen (secondary N) is 1. The summed E-state index contributed by atoms with van der Waals surface area (Å²) in [6, 6.07) is 15.0. The van der Waals surface area contributed by atoms with Crippen LogP contribution < -0.4 is 5.32 Å². The molecule has 0 aromatic heterocycles. The predicted octanol–water partition coefficient (Wildman–Crippen LogP) is 4.63. The predicted molar refractivity (Wildman–Crippen MR) is 77.3 cm³/mol. The lowest BCUT2D eigenvalue weighted by atomic mass is 10.1. The fraction of sp³-hybridized carbons (Fsp3) is 0.200. The minimum atomic E-state index is -0.179. The first-order valence-electron chi connectivity index (χ1n) is 5.90. The van der Waals surface area contributed by atoms with E-state index in [0.717, 1.165) is 22.1 Å². The van der Waals surface area contributed by atoms with E-state index in [9.17, 15) is 4.39 Å². The van der Waals surface area contributed by atoms with Gasteiger partial charge in [0, 0.05) is 16.2 Å². The molecule has 0 spiro atoms. The van der Waals surface area contributed by atoms with Gasteiger partial charge in [-0.2, -0.15) is 0 Å². The first kappa shape index (κ1) is 13.1. The lowest BCUT2D eigenvalue weighted by molar-refractivity contribution is 0.624. The maximum atomic E-state index is 13.1. The number of benzene rings is 2. The van der Waals surface area contributed by atoms with Gasteiger partial charge in [-0.3, -0.25) is 0 Å². The fourth-order valence-electron chi connectivity index (χ4n) is 1.93. The molecule has 1 unspecified atom stereocenters. The van der Waals surface area contributed by atoms with E-state index in [1.54, 1.807) is 12.1 Å². The van der Waals surface area contributed by atoms with Gasteiger partial charge in [0.15, 0.2) is 0 Å². The molecule has 94 valence electrons. The standard InChI is InChI=1S/C15H15BrFN/c1-11(8-12-4-2-6-14(17)9-12)18-15-7-3-5-13(16)10-15/h2-7,9-11,18H,8H2,1H3. The Morgan fingerprint density at radius 3 is 2.67 bits per heavy atom. The molecule has 2 aromatic rings. The molecular weight excluding hydrogens is 293 g/mol. The smallest absolute Gasteiger partial charge is 0.123 e. The lowest BCUT2D eigenvalue weighted by Gasteiger charge is -2.15. The van der Waals surface area contributed by atoms with E-state index in [0.29, 0.717) is 0 Å². The van der Waals surface area contributed by atoms with Gasteiger partial charge in [0.05, 0.1) is 0 Å². The number of hydrogen-bond acceptors (Lipinski definition) is 1. The Morgan fingerprint density at radius 2 is 1.94 bits per heavy atom. The molecule has 2 aromatic carbocycles. The first-order chi connectivity index (χ1) is 8.63. The van der Waals surface area contributed by atoms with Crippen molar-refractivity contribution in [2.75, 3.05) is 5.32 Å². The van der Waals surface area contributed by atoms with Crippen LogP contribution in [-0.4, -0.2) is 6.04 Å². The number of anilines is 1. The summed E-state index contributed by atoms with van der Waals surface area (Å²) in [6.07, 6.45) is 0.796. The van der Waals surface area contributed by atoms with Gasteiger partial charge in [0.2, 0.25) is 0 Å². The van der Waals surface area contributed by atoms with Crippen molar-refractivity contribution in [1.82, 2.24) is 0 Å². The van der Waals surface area contributed by atoms with Crippen molar-refractivity contribution in [2.24, 2.45) is 0 Å². The van der Waals surface area contributed by atoms with Crippen molar-refractivity contribution in [1.29, 1.82) is 0 Å². The van der Waals surface area contributed by atoms with Crippen LogP contribution in [0.3, 0.4) is 0 Å². The highest BCUT2D eigenvalue weighted by Crippen LogP contribution is 2.17. The Hall–Kier alpha value is -1.35. The largest absolute Gasteiger partial charge is 0.382 e. The number of hydrogen-bond donors (Lipinski definition) is 1. The molecule has 2 rings (SSSR count). The van der Waals surface area contributed by atoms with E-state index in [1.807, 2.05) is 30.3 Å². The van der Waals surface area contributed by atoms with E-state index in [2.05, 4.69) is 28.2 Å². The van der Waals surface area contributed by atoms with Crippen molar-refractivity contribution in [3.63, 3.8) is 0 Å². The van der Waals surface area contributed by atoms with E-state index in [-0.39, 0.29) is 11.9 Å². The summed E-state index contributed by atoms with van der Waals surface area (Å²) in [7, 11) is 0. The van der Waals surface area contributed by atoms with E-state index in [1.165, 1.54) is 6.07 Å². The van der Waals surface area contributed by atoms with Crippen LogP contribution >= 0.6 is 15.9 Å².